The molecule has 0 saturated carbocycles. The second-order valence-electron chi connectivity index (χ2n) is 7.27. The molecule has 0 radical (unpaired) electrons. The van der Waals surface area contributed by atoms with Crippen LogP contribution in [0.25, 0.3) is 0 Å². The fourth-order valence-corrected chi connectivity index (χ4v) is 4.22. The van der Waals surface area contributed by atoms with Crippen LogP contribution in [0, 0.1) is 20.8 Å². The molecule has 134 valence electrons. The Bertz CT molecular complexity index is 702. The molecule has 2 nitrogen and oxygen atoms in total. The number of rotatable bonds is 6. The second kappa shape index (κ2) is 8.48. The number of hydrogen-bond donors (Lipinski definition) is 0. The number of halogens is 1. The zero-order valence-electron chi connectivity index (χ0n) is 15.5. The minimum atomic E-state index is 0.369. The van der Waals surface area contributed by atoms with E-state index in [1.807, 2.05) is 0 Å². The van der Waals surface area contributed by atoms with Crippen LogP contribution in [0.3, 0.4) is 0 Å². The Balaban J connectivity index is 1.81. The Hall–Kier alpha value is -1.16. The predicted molar refractivity (Wildman–Crippen MR) is 108 cm³/mol. The maximum absolute atomic E-state index is 5.92. The van der Waals surface area contributed by atoms with Gasteiger partial charge in [-0.05, 0) is 67.5 Å². The minimum Gasteiger partial charge on any atom is -0.377 e. The summed E-state index contributed by atoms with van der Waals surface area (Å²) in [6, 6.07) is 13.2. The van der Waals surface area contributed by atoms with Gasteiger partial charge in [0.1, 0.15) is 0 Å². The lowest BCUT2D eigenvalue weighted by atomic mass is 10.0. The smallest absolute Gasteiger partial charge is 0.0703 e. The average Bonchev–Trinajstić information content (AvgIpc) is 3.06. The van der Waals surface area contributed by atoms with E-state index >= 15 is 0 Å². The van der Waals surface area contributed by atoms with E-state index in [-0.39, 0.29) is 0 Å². The zero-order valence-corrected chi connectivity index (χ0v) is 17.1. The lowest BCUT2D eigenvalue weighted by Gasteiger charge is -2.27. The molecule has 0 spiro atoms. The van der Waals surface area contributed by atoms with E-state index in [9.17, 15) is 0 Å². The van der Waals surface area contributed by atoms with Crippen molar-refractivity contribution in [1.82, 2.24) is 4.90 Å². The van der Waals surface area contributed by atoms with E-state index < -0.39 is 0 Å². The third-order valence-electron chi connectivity index (χ3n) is 5.11. The topological polar surface area (TPSA) is 12.5 Å². The van der Waals surface area contributed by atoms with Gasteiger partial charge in [-0.1, -0.05) is 46.3 Å². The molecule has 1 fully saturated rings. The van der Waals surface area contributed by atoms with E-state index in [1.54, 1.807) is 0 Å². The first-order chi connectivity index (χ1) is 12.0. The summed E-state index contributed by atoms with van der Waals surface area (Å²) in [5, 5.41) is 0. The molecule has 0 aromatic heterocycles. The van der Waals surface area contributed by atoms with Crippen molar-refractivity contribution >= 4 is 15.9 Å². The number of ether oxygens (including phenoxy) is 1. The Labute approximate surface area is 160 Å². The van der Waals surface area contributed by atoms with Crippen LogP contribution in [0.4, 0.5) is 0 Å². The fraction of sp³-hybridized carbons (Fsp3) is 0.455. The van der Waals surface area contributed by atoms with Crippen LogP contribution in [0.15, 0.2) is 40.9 Å². The van der Waals surface area contributed by atoms with Gasteiger partial charge in [0.25, 0.3) is 0 Å². The van der Waals surface area contributed by atoms with Crippen LogP contribution in [-0.2, 0) is 17.8 Å². The average molecular weight is 402 g/mol. The van der Waals surface area contributed by atoms with Gasteiger partial charge in [-0.3, -0.25) is 4.90 Å². The Kier molecular flexibility index (Phi) is 6.32. The summed E-state index contributed by atoms with van der Waals surface area (Å²) in [6.45, 7) is 10.4. The summed E-state index contributed by atoms with van der Waals surface area (Å²) >= 11 is 3.74. The maximum atomic E-state index is 5.92. The fourth-order valence-electron chi connectivity index (χ4n) is 3.60. The lowest BCUT2D eigenvalue weighted by Crippen LogP contribution is -2.32. The molecule has 3 heteroatoms. The SMILES string of the molecule is Cc1ccc(CN(Cc2c(C)cccc2C)CC2CCCO2)c(Br)c1. The molecule has 3 rings (SSSR count). The summed E-state index contributed by atoms with van der Waals surface area (Å²) in [6.07, 6.45) is 2.74. The standard InChI is InChI=1S/C22H28BrNO/c1-16-9-10-19(22(23)12-16)13-24(14-20-8-5-11-25-20)15-21-17(2)6-4-7-18(21)3/h4,6-7,9-10,12,20H,5,8,11,13-15H2,1-3H3. The van der Waals surface area contributed by atoms with Gasteiger partial charge in [0.05, 0.1) is 6.10 Å². The largest absolute Gasteiger partial charge is 0.377 e. The van der Waals surface area contributed by atoms with E-state index in [0.29, 0.717) is 6.10 Å². The van der Waals surface area contributed by atoms with Crippen molar-refractivity contribution in [1.29, 1.82) is 0 Å². The summed E-state index contributed by atoms with van der Waals surface area (Å²) < 4.78 is 7.12. The third kappa shape index (κ3) is 4.93. The lowest BCUT2D eigenvalue weighted by molar-refractivity contribution is 0.0677. The quantitative estimate of drug-likeness (QED) is 0.628. The van der Waals surface area contributed by atoms with Gasteiger partial charge in [0.15, 0.2) is 0 Å². The van der Waals surface area contributed by atoms with Crippen molar-refractivity contribution in [3.63, 3.8) is 0 Å². The van der Waals surface area contributed by atoms with Gasteiger partial charge in [-0.2, -0.15) is 0 Å². The molecule has 1 atom stereocenters. The van der Waals surface area contributed by atoms with Gasteiger partial charge in [-0.15, -0.1) is 0 Å². The van der Waals surface area contributed by atoms with Crippen LogP contribution in [0.2, 0.25) is 0 Å². The van der Waals surface area contributed by atoms with Gasteiger partial charge in [-0.25, -0.2) is 0 Å². The number of hydrogen-bond acceptors (Lipinski definition) is 2. The first-order valence-corrected chi connectivity index (χ1v) is 9.96. The highest BCUT2D eigenvalue weighted by atomic mass is 79.9. The first-order valence-electron chi connectivity index (χ1n) is 9.17. The molecular formula is C22H28BrNO. The predicted octanol–water partition coefficient (Wildman–Crippen LogP) is 5.56. The highest BCUT2D eigenvalue weighted by Crippen LogP contribution is 2.24. The molecule has 1 heterocycles. The molecule has 1 unspecified atom stereocenters. The van der Waals surface area contributed by atoms with Crippen molar-refractivity contribution in [2.24, 2.45) is 0 Å². The molecule has 0 N–H and O–H groups in total. The Morgan fingerprint density at radius 3 is 2.48 bits per heavy atom. The van der Waals surface area contributed by atoms with Gasteiger partial charge in [0.2, 0.25) is 0 Å². The van der Waals surface area contributed by atoms with Crippen molar-refractivity contribution in [3.8, 4) is 0 Å². The molecule has 2 aromatic carbocycles. The molecule has 0 amide bonds. The van der Waals surface area contributed by atoms with Crippen molar-refractivity contribution in [3.05, 3.63) is 68.7 Å². The highest BCUT2D eigenvalue weighted by Gasteiger charge is 2.21. The minimum absolute atomic E-state index is 0.369. The molecule has 0 bridgehead atoms. The zero-order chi connectivity index (χ0) is 17.8. The normalized spacial score (nSPS) is 17.4. The summed E-state index contributed by atoms with van der Waals surface area (Å²) in [5.41, 5.74) is 6.83. The Morgan fingerprint density at radius 1 is 1.08 bits per heavy atom. The van der Waals surface area contributed by atoms with Crippen molar-refractivity contribution in [2.45, 2.75) is 52.8 Å². The van der Waals surface area contributed by atoms with Gasteiger partial charge >= 0.3 is 0 Å². The number of aryl methyl sites for hydroxylation is 3. The number of nitrogens with zero attached hydrogens (tertiary/aromatic N) is 1. The molecule has 25 heavy (non-hydrogen) atoms. The third-order valence-corrected chi connectivity index (χ3v) is 5.85. The van der Waals surface area contributed by atoms with E-state index in [1.165, 1.54) is 45.1 Å². The molecule has 1 aliphatic heterocycles. The van der Waals surface area contributed by atoms with E-state index in [2.05, 4.69) is 78.0 Å². The summed E-state index contributed by atoms with van der Waals surface area (Å²) in [7, 11) is 0. The summed E-state index contributed by atoms with van der Waals surface area (Å²) in [5.74, 6) is 0. The Morgan fingerprint density at radius 2 is 1.84 bits per heavy atom. The first kappa shape index (κ1) is 18.6. The van der Waals surface area contributed by atoms with Crippen LogP contribution < -0.4 is 0 Å². The number of benzene rings is 2. The van der Waals surface area contributed by atoms with Crippen LogP contribution >= 0.6 is 15.9 Å². The van der Waals surface area contributed by atoms with E-state index in [4.69, 9.17) is 4.74 Å². The monoisotopic (exact) mass is 401 g/mol. The molecule has 1 saturated heterocycles. The molecule has 0 aliphatic carbocycles. The summed E-state index contributed by atoms with van der Waals surface area (Å²) in [4.78, 5) is 2.54. The molecular weight excluding hydrogens is 374 g/mol. The van der Waals surface area contributed by atoms with Gasteiger partial charge in [0, 0.05) is 30.7 Å². The van der Waals surface area contributed by atoms with Gasteiger partial charge < -0.3 is 4.74 Å². The van der Waals surface area contributed by atoms with E-state index in [0.717, 1.165) is 26.2 Å². The highest BCUT2D eigenvalue weighted by molar-refractivity contribution is 9.10. The van der Waals surface area contributed by atoms with Crippen LogP contribution in [0.1, 0.15) is 40.7 Å². The van der Waals surface area contributed by atoms with Crippen LogP contribution in [0.5, 0.6) is 0 Å². The van der Waals surface area contributed by atoms with Crippen LogP contribution in [-0.4, -0.2) is 24.2 Å². The van der Waals surface area contributed by atoms with Crippen molar-refractivity contribution in [2.75, 3.05) is 13.2 Å². The molecule has 1 aliphatic rings. The second-order valence-corrected chi connectivity index (χ2v) is 8.12. The molecule has 2 aromatic rings. The maximum Gasteiger partial charge on any atom is 0.0703 e. The van der Waals surface area contributed by atoms with Crippen molar-refractivity contribution < 1.29 is 4.74 Å².